The van der Waals surface area contributed by atoms with Crippen molar-refractivity contribution >= 4 is 11.8 Å². The quantitative estimate of drug-likeness (QED) is 0.357. The molecule has 0 aliphatic carbocycles. The van der Waals surface area contributed by atoms with Gasteiger partial charge in [0, 0.05) is 25.9 Å². The molecule has 0 atom stereocenters. The van der Waals surface area contributed by atoms with Gasteiger partial charge in [-0.05, 0) is 49.4 Å². The summed E-state index contributed by atoms with van der Waals surface area (Å²) in [4.78, 5) is 26.1. The van der Waals surface area contributed by atoms with Crippen molar-refractivity contribution in [3.63, 3.8) is 0 Å². The second kappa shape index (κ2) is 12.4. The summed E-state index contributed by atoms with van der Waals surface area (Å²) in [6.45, 7) is 15.1. The van der Waals surface area contributed by atoms with Gasteiger partial charge in [0.2, 0.25) is 0 Å². The molecule has 0 saturated carbocycles. The maximum Gasteiger partial charge on any atom is 0.254 e. The normalized spacial score (nSPS) is 22.1. The van der Waals surface area contributed by atoms with Crippen LogP contribution in [0.15, 0.2) is 0 Å². The van der Waals surface area contributed by atoms with E-state index in [1.807, 2.05) is 10.2 Å². The van der Waals surface area contributed by atoms with Crippen molar-refractivity contribution in [1.29, 1.82) is 0 Å². The van der Waals surface area contributed by atoms with E-state index in [9.17, 15) is 9.59 Å². The zero-order valence-corrected chi connectivity index (χ0v) is 21.9. The molecule has 32 heavy (non-hydrogen) atoms. The fourth-order valence-corrected chi connectivity index (χ4v) is 4.54. The number of amides is 2. The average molecular weight is 451 g/mol. The highest BCUT2D eigenvalue weighted by atomic mass is 16.3. The van der Waals surface area contributed by atoms with Gasteiger partial charge < -0.3 is 0 Å². The Bertz CT molecular complexity index is 534. The van der Waals surface area contributed by atoms with Crippen LogP contribution in [0.25, 0.3) is 0 Å². The molecule has 186 valence electrons. The number of carbonyl (C=O) groups is 2. The Labute approximate surface area is 197 Å². The summed E-state index contributed by atoms with van der Waals surface area (Å²) in [5, 5.41) is 7.37. The van der Waals surface area contributed by atoms with Crippen molar-refractivity contribution in [3.05, 3.63) is 0 Å². The van der Waals surface area contributed by atoms with Crippen molar-refractivity contribution in [3.8, 4) is 0 Å². The van der Waals surface area contributed by atoms with Gasteiger partial charge in [-0.25, -0.2) is 0 Å². The Hall–Kier alpha value is -1.14. The summed E-state index contributed by atoms with van der Waals surface area (Å²) in [5.41, 5.74) is 0.718. The molecule has 3 aliphatic rings. The van der Waals surface area contributed by atoms with Crippen molar-refractivity contribution in [2.45, 2.75) is 131 Å². The molecule has 3 heterocycles. The highest BCUT2D eigenvalue weighted by molar-refractivity contribution is 5.79. The highest BCUT2D eigenvalue weighted by Gasteiger charge is 2.48. The smallest absolute Gasteiger partial charge is 0.254 e. The Morgan fingerprint density at radius 1 is 0.562 bits per heavy atom. The summed E-state index contributed by atoms with van der Waals surface area (Å²) in [6.07, 6.45) is 14.3. The summed E-state index contributed by atoms with van der Waals surface area (Å²) < 4.78 is 0. The first-order valence-electron chi connectivity index (χ1n) is 13.2. The van der Waals surface area contributed by atoms with Crippen LogP contribution in [0.5, 0.6) is 0 Å². The molecule has 6 heteroatoms. The van der Waals surface area contributed by atoms with E-state index >= 15 is 0 Å². The van der Waals surface area contributed by atoms with E-state index in [4.69, 9.17) is 0 Å². The number of hydrogen-bond donors (Lipinski definition) is 0. The van der Waals surface area contributed by atoms with E-state index in [0.29, 0.717) is 23.7 Å². The van der Waals surface area contributed by atoms with E-state index in [1.54, 1.807) is 10.2 Å². The van der Waals surface area contributed by atoms with Gasteiger partial charge in [0.1, 0.15) is 0 Å². The molecule has 3 saturated heterocycles. The molecule has 3 aliphatic heterocycles. The van der Waals surface area contributed by atoms with Gasteiger partial charge in [0.15, 0.2) is 0 Å². The van der Waals surface area contributed by atoms with E-state index < -0.39 is 0 Å². The Morgan fingerprint density at radius 2 is 0.938 bits per heavy atom. The number of nitrogens with zero attached hydrogens (tertiary/aromatic N) is 4. The standard InChI is InChI=1S/C26H50N4O2/c1-25(2,3)19-13-9-11-17-23(31)29-27-21-15-7-8-16-22-28(29)30(27)24(32)18-12-10-14-20-26(4,5)6/h7-22H2,1-6H3. The maximum atomic E-state index is 13.0. The minimum Gasteiger partial charge on any atom is -0.272 e. The number of unbranched alkanes of at least 4 members (excludes halogenated alkanes) is 4. The first kappa shape index (κ1) is 27.1. The lowest BCUT2D eigenvalue weighted by Gasteiger charge is -2.59. The highest BCUT2D eigenvalue weighted by Crippen LogP contribution is 2.30. The van der Waals surface area contributed by atoms with E-state index in [1.165, 1.54) is 25.7 Å². The van der Waals surface area contributed by atoms with Crippen LogP contribution in [-0.2, 0) is 9.59 Å². The van der Waals surface area contributed by atoms with Gasteiger partial charge >= 0.3 is 0 Å². The predicted molar refractivity (Wildman–Crippen MR) is 131 cm³/mol. The maximum absolute atomic E-state index is 13.0. The Kier molecular flexibility index (Phi) is 10.5. The van der Waals surface area contributed by atoms with Crippen LogP contribution in [0, 0.1) is 10.8 Å². The molecule has 0 aromatic rings. The lowest BCUT2D eigenvalue weighted by molar-refractivity contribution is -0.461. The second-order valence-corrected chi connectivity index (χ2v) is 12.2. The zero-order valence-electron chi connectivity index (χ0n) is 21.9. The third kappa shape index (κ3) is 9.01. The monoisotopic (exact) mass is 450 g/mol. The number of carbonyl (C=O) groups excluding carboxylic acids is 2. The zero-order chi connectivity index (χ0) is 23.8. The minimum atomic E-state index is 0.136. The van der Waals surface area contributed by atoms with Crippen molar-refractivity contribution < 1.29 is 9.59 Å². The van der Waals surface area contributed by atoms with Gasteiger partial charge in [0.05, 0.1) is 0 Å². The van der Waals surface area contributed by atoms with Gasteiger partial charge in [-0.1, -0.05) is 90.3 Å². The fraction of sp³-hybridized carbons (Fsp3) is 0.923. The Morgan fingerprint density at radius 3 is 1.28 bits per heavy atom. The minimum absolute atomic E-state index is 0.136. The van der Waals surface area contributed by atoms with Crippen LogP contribution in [0.3, 0.4) is 0 Å². The second-order valence-electron chi connectivity index (χ2n) is 12.2. The van der Waals surface area contributed by atoms with Crippen LogP contribution in [0.1, 0.15) is 131 Å². The third-order valence-electron chi connectivity index (χ3n) is 6.42. The molecular formula is C26H50N4O2. The molecule has 2 amide bonds. The van der Waals surface area contributed by atoms with Crippen molar-refractivity contribution in [1.82, 2.24) is 20.5 Å². The number of rotatable bonds is 10. The van der Waals surface area contributed by atoms with Gasteiger partial charge in [-0.2, -0.15) is 10.2 Å². The van der Waals surface area contributed by atoms with Crippen LogP contribution in [0.2, 0.25) is 0 Å². The van der Waals surface area contributed by atoms with Crippen LogP contribution in [0.4, 0.5) is 0 Å². The predicted octanol–water partition coefficient (Wildman–Crippen LogP) is 6.49. The lowest BCUT2D eigenvalue weighted by atomic mass is 9.89. The van der Waals surface area contributed by atoms with Crippen LogP contribution < -0.4 is 0 Å². The number of hydrogen-bond acceptors (Lipinski definition) is 4. The van der Waals surface area contributed by atoms with E-state index in [0.717, 1.165) is 64.5 Å². The summed E-state index contributed by atoms with van der Waals surface area (Å²) in [7, 11) is 0. The topological polar surface area (TPSA) is 47.1 Å². The summed E-state index contributed by atoms with van der Waals surface area (Å²) >= 11 is 0. The van der Waals surface area contributed by atoms with Gasteiger partial charge in [0.25, 0.3) is 11.8 Å². The van der Waals surface area contributed by atoms with Crippen molar-refractivity contribution in [2.75, 3.05) is 13.1 Å². The molecule has 0 spiro atoms. The van der Waals surface area contributed by atoms with Gasteiger partial charge in [-0.15, -0.1) is 0 Å². The molecule has 0 unspecified atom stereocenters. The molecule has 6 nitrogen and oxygen atoms in total. The number of fused-ring (bicyclic) bond motifs is 5. The summed E-state index contributed by atoms with van der Waals surface area (Å²) in [6, 6.07) is 0. The van der Waals surface area contributed by atoms with Gasteiger partial charge in [-0.3, -0.25) is 9.59 Å². The largest absolute Gasteiger partial charge is 0.272 e. The number of hydrazine groups is 4. The molecule has 3 fully saturated rings. The molecule has 0 N–H and O–H groups in total. The molecule has 2 bridgehead atoms. The SMILES string of the molecule is CC(C)(C)CCCCCC(=O)N1N2CCCCCCN1N2C(=O)CCCCCC(C)(C)C. The van der Waals surface area contributed by atoms with E-state index in [-0.39, 0.29) is 11.8 Å². The Balaban J connectivity index is 1.84. The fourth-order valence-electron chi connectivity index (χ4n) is 4.54. The first-order chi connectivity index (χ1) is 15.0. The van der Waals surface area contributed by atoms with Crippen LogP contribution >= 0.6 is 0 Å². The van der Waals surface area contributed by atoms with Crippen molar-refractivity contribution in [2.24, 2.45) is 10.8 Å². The van der Waals surface area contributed by atoms with E-state index in [2.05, 4.69) is 41.5 Å². The molecule has 0 aromatic heterocycles. The molecule has 0 aromatic carbocycles. The molecule has 0 radical (unpaired) electrons. The summed E-state index contributed by atoms with van der Waals surface area (Å²) in [5.74, 6) is 0.272. The first-order valence-corrected chi connectivity index (χ1v) is 13.2. The average Bonchev–Trinajstić information content (AvgIpc) is 2.83. The molecule has 3 rings (SSSR count). The third-order valence-corrected chi connectivity index (χ3v) is 6.42. The van der Waals surface area contributed by atoms with Crippen LogP contribution in [-0.4, -0.2) is 45.4 Å². The molecular weight excluding hydrogens is 400 g/mol. The lowest BCUT2D eigenvalue weighted by Crippen LogP contribution is -2.80.